The topological polar surface area (TPSA) is 100 Å². The summed E-state index contributed by atoms with van der Waals surface area (Å²) in [6.45, 7) is 5.01. The monoisotopic (exact) mass is 521 g/mol. The van der Waals surface area contributed by atoms with E-state index >= 15 is 0 Å². The van der Waals surface area contributed by atoms with Crippen LogP contribution in [0.15, 0.2) is 36.5 Å². The van der Waals surface area contributed by atoms with E-state index in [1.54, 1.807) is 0 Å². The van der Waals surface area contributed by atoms with E-state index < -0.39 is 17.9 Å². The fourth-order valence-corrected chi connectivity index (χ4v) is 4.15. The number of nitrogens with zero attached hydrogens (tertiary/aromatic N) is 4. The molecule has 1 aromatic carbocycles. The van der Waals surface area contributed by atoms with Crippen LogP contribution in [0.1, 0.15) is 42.4 Å². The van der Waals surface area contributed by atoms with E-state index in [0.29, 0.717) is 49.1 Å². The number of alkyl halides is 3. The molecule has 0 amide bonds. The summed E-state index contributed by atoms with van der Waals surface area (Å²) in [4.78, 5) is 26.4. The van der Waals surface area contributed by atoms with Gasteiger partial charge >= 0.3 is 12.3 Å². The van der Waals surface area contributed by atoms with Crippen molar-refractivity contribution < 1.29 is 27.8 Å². The number of benzene rings is 1. The van der Waals surface area contributed by atoms with Crippen LogP contribution in [-0.4, -0.2) is 39.3 Å². The number of ether oxygens (including phenoxy) is 1. The van der Waals surface area contributed by atoms with Gasteiger partial charge < -0.3 is 20.1 Å². The Morgan fingerprint density at radius 1 is 1.17 bits per heavy atom. The third-order valence-electron chi connectivity index (χ3n) is 5.65. The van der Waals surface area contributed by atoms with Gasteiger partial charge in [-0.25, -0.2) is 19.7 Å². The van der Waals surface area contributed by atoms with E-state index in [-0.39, 0.29) is 16.7 Å². The molecule has 190 valence electrons. The van der Waals surface area contributed by atoms with E-state index in [2.05, 4.69) is 20.0 Å². The Kier molecular flexibility index (Phi) is 7.21. The highest BCUT2D eigenvalue weighted by atomic mass is 35.5. The maximum atomic E-state index is 12.9. The maximum Gasteiger partial charge on any atom is 0.511 e. The van der Waals surface area contributed by atoms with Crippen LogP contribution >= 0.6 is 11.6 Å². The molecule has 3 aromatic rings. The van der Waals surface area contributed by atoms with Gasteiger partial charge in [-0.3, -0.25) is 0 Å². The fraction of sp³-hybridized carbons (Fsp3) is 0.333. The summed E-state index contributed by atoms with van der Waals surface area (Å²) >= 11 is 6.36. The van der Waals surface area contributed by atoms with Crippen LogP contribution in [-0.2, 0) is 19.0 Å². The molecule has 0 unspecified atom stereocenters. The number of rotatable bonds is 5. The quantitative estimate of drug-likeness (QED) is 0.390. The first kappa shape index (κ1) is 25.5. The SMILES string of the molecule is CC(C)c1nc2c(c(Nc3ccc(C(F)(F)F)cc3)n1)CCN(c1ncc(OC(=O)O)cc1Cl)CC2. The van der Waals surface area contributed by atoms with Crippen molar-refractivity contribution in [3.05, 3.63) is 64.2 Å². The zero-order valence-corrected chi connectivity index (χ0v) is 20.2. The molecule has 0 spiro atoms. The molecule has 0 bridgehead atoms. The molecular weight excluding hydrogens is 499 g/mol. The summed E-state index contributed by atoms with van der Waals surface area (Å²) in [5.41, 5.74) is 1.46. The van der Waals surface area contributed by atoms with Crippen molar-refractivity contribution in [2.24, 2.45) is 0 Å². The summed E-state index contributed by atoms with van der Waals surface area (Å²) in [6, 6.07) is 6.20. The standard InChI is InChI=1S/C24H23ClF3N5O3/c1-13(2)20-31-19-8-10-33(22-18(25)11-16(12-29-22)36-23(34)35)9-7-17(19)21(32-20)30-15-5-3-14(4-6-15)24(26,27)28/h3-6,11-13H,7-10H2,1-2H3,(H,34,35)(H,30,31,32). The van der Waals surface area contributed by atoms with Gasteiger partial charge in [0.1, 0.15) is 17.5 Å². The maximum absolute atomic E-state index is 12.9. The zero-order chi connectivity index (χ0) is 26.0. The molecule has 8 nitrogen and oxygen atoms in total. The Balaban J connectivity index is 1.61. The Hall–Kier alpha value is -3.60. The number of nitrogens with one attached hydrogen (secondary N) is 1. The van der Waals surface area contributed by atoms with Crippen molar-refractivity contribution in [2.45, 2.75) is 38.8 Å². The third-order valence-corrected chi connectivity index (χ3v) is 5.93. The van der Waals surface area contributed by atoms with Crippen LogP contribution in [0.4, 0.5) is 35.3 Å². The van der Waals surface area contributed by atoms with Crippen molar-refractivity contribution in [1.29, 1.82) is 0 Å². The van der Waals surface area contributed by atoms with Crippen LogP contribution in [0.2, 0.25) is 5.02 Å². The molecule has 1 aliphatic rings. The van der Waals surface area contributed by atoms with Gasteiger partial charge in [-0.2, -0.15) is 13.2 Å². The van der Waals surface area contributed by atoms with Crippen molar-refractivity contribution in [3.63, 3.8) is 0 Å². The van der Waals surface area contributed by atoms with Crippen molar-refractivity contribution in [1.82, 2.24) is 15.0 Å². The smallest absolute Gasteiger partial charge is 0.449 e. The number of hydrogen-bond acceptors (Lipinski definition) is 7. The van der Waals surface area contributed by atoms with Gasteiger partial charge in [0.15, 0.2) is 5.75 Å². The minimum atomic E-state index is -4.41. The number of carboxylic acid groups (broad SMARTS) is 1. The van der Waals surface area contributed by atoms with Gasteiger partial charge in [0.2, 0.25) is 0 Å². The van der Waals surface area contributed by atoms with E-state index in [1.165, 1.54) is 24.4 Å². The minimum Gasteiger partial charge on any atom is -0.449 e. The number of hydrogen-bond donors (Lipinski definition) is 2. The predicted octanol–water partition coefficient (Wildman–Crippen LogP) is 6.07. The first-order chi connectivity index (χ1) is 17.0. The molecule has 0 saturated carbocycles. The summed E-state index contributed by atoms with van der Waals surface area (Å²) in [5.74, 6) is 1.72. The molecule has 2 N–H and O–H groups in total. The van der Waals surface area contributed by atoms with Crippen LogP contribution in [0.3, 0.4) is 0 Å². The molecule has 0 radical (unpaired) electrons. The van der Waals surface area contributed by atoms with Gasteiger partial charge in [-0.15, -0.1) is 0 Å². The lowest BCUT2D eigenvalue weighted by molar-refractivity contribution is -0.137. The van der Waals surface area contributed by atoms with Gasteiger partial charge in [0.05, 0.1) is 22.5 Å². The fourth-order valence-electron chi connectivity index (χ4n) is 3.87. The van der Waals surface area contributed by atoms with Crippen LogP contribution in [0, 0.1) is 0 Å². The average molecular weight is 522 g/mol. The van der Waals surface area contributed by atoms with Crippen LogP contribution in [0.25, 0.3) is 0 Å². The van der Waals surface area contributed by atoms with E-state index in [9.17, 15) is 18.0 Å². The number of halogens is 4. The average Bonchev–Trinajstić information content (AvgIpc) is 3.01. The molecule has 4 rings (SSSR count). The lowest BCUT2D eigenvalue weighted by Crippen LogP contribution is -2.27. The molecule has 2 aromatic heterocycles. The molecule has 0 fully saturated rings. The Bertz CT molecular complexity index is 1270. The molecule has 12 heteroatoms. The number of carbonyl (C=O) groups is 1. The second-order valence-corrected chi connectivity index (χ2v) is 8.95. The van der Waals surface area contributed by atoms with Gasteiger partial charge in [-0.05, 0) is 30.7 Å². The van der Waals surface area contributed by atoms with E-state index in [4.69, 9.17) is 21.7 Å². The Labute approximate surface area is 210 Å². The van der Waals surface area contributed by atoms with Gasteiger partial charge in [-0.1, -0.05) is 25.4 Å². The van der Waals surface area contributed by atoms with Crippen LogP contribution in [0.5, 0.6) is 5.75 Å². The molecular formula is C24H23ClF3N5O3. The molecule has 3 heterocycles. The first-order valence-electron chi connectivity index (χ1n) is 11.2. The second kappa shape index (κ2) is 10.2. The molecule has 1 aliphatic heterocycles. The van der Waals surface area contributed by atoms with Crippen molar-refractivity contribution >= 4 is 35.1 Å². The Morgan fingerprint density at radius 3 is 2.47 bits per heavy atom. The lowest BCUT2D eigenvalue weighted by atomic mass is 10.1. The number of anilines is 3. The highest BCUT2D eigenvalue weighted by Gasteiger charge is 2.30. The van der Waals surface area contributed by atoms with Gasteiger partial charge in [0, 0.05) is 42.7 Å². The third kappa shape index (κ3) is 5.78. The first-order valence-corrected chi connectivity index (χ1v) is 11.5. The van der Waals surface area contributed by atoms with E-state index in [0.717, 1.165) is 23.4 Å². The zero-order valence-electron chi connectivity index (χ0n) is 19.4. The Morgan fingerprint density at radius 2 is 1.86 bits per heavy atom. The minimum absolute atomic E-state index is 0.0184. The predicted molar refractivity (Wildman–Crippen MR) is 128 cm³/mol. The van der Waals surface area contributed by atoms with Crippen molar-refractivity contribution in [2.75, 3.05) is 23.3 Å². The van der Waals surface area contributed by atoms with Crippen molar-refractivity contribution in [3.8, 4) is 5.75 Å². The van der Waals surface area contributed by atoms with E-state index in [1.807, 2.05) is 18.7 Å². The lowest BCUT2D eigenvalue weighted by Gasteiger charge is -2.22. The number of aromatic nitrogens is 3. The molecule has 36 heavy (non-hydrogen) atoms. The number of pyridine rings is 1. The number of fused-ring (bicyclic) bond motifs is 1. The second-order valence-electron chi connectivity index (χ2n) is 8.54. The van der Waals surface area contributed by atoms with Gasteiger partial charge in [0.25, 0.3) is 0 Å². The molecule has 0 saturated heterocycles. The summed E-state index contributed by atoms with van der Waals surface area (Å²) in [7, 11) is 0. The van der Waals surface area contributed by atoms with Crippen LogP contribution < -0.4 is 15.0 Å². The summed E-state index contributed by atoms with van der Waals surface area (Å²) < 4.78 is 43.5. The summed E-state index contributed by atoms with van der Waals surface area (Å²) in [5, 5.41) is 12.2. The highest BCUT2D eigenvalue weighted by Crippen LogP contribution is 2.33. The molecule has 0 atom stereocenters. The largest absolute Gasteiger partial charge is 0.511 e. The molecule has 0 aliphatic carbocycles. The normalized spacial score (nSPS) is 13.8. The summed E-state index contributed by atoms with van der Waals surface area (Å²) in [6.07, 6.45) is -3.49. The highest BCUT2D eigenvalue weighted by molar-refractivity contribution is 6.33.